The number of nitrogen functional groups attached to an aromatic ring is 1. The van der Waals surface area contributed by atoms with Crippen LogP contribution in [0.2, 0.25) is 0 Å². The van der Waals surface area contributed by atoms with Crippen LogP contribution in [0.5, 0.6) is 0 Å². The third-order valence-corrected chi connectivity index (χ3v) is 4.08. The third kappa shape index (κ3) is 6.75. The summed E-state index contributed by atoms with van der Waals surface area (Å²) in [5, 5.41) is 0. The Labute approximate surface area is 176 Å². The second-order valence-electron chi connectivity index (χ2n) is 6.15. The molecule has 2 aromatic heterocycles. The zero-order valence-corrected chi connectivity index (χ0v) is 17.7. The predicted octanol–water partition coefficient (Wildman–Crippen LogP) is 2.41. The van der Waals surface area contributed by atoms with E-state index in [0.717, 1.165) is 6.54 Å². The molecule has 0 unspecified atom stereocenters. The van der Waals surface area contributed by atoms with Gasteiger partial charge in [0.05, 0.1) is 0 Å². The maximum atomic E-state index is 5.86. The van der Waals surface area contributed by atoms with Crippen LogP contribution in [-0.2, 0) is 6.42 Å². The van der Waals surface area contributed by atoms with Crippen LogP contribution in [0.1, 0.15) is 18.6 Å². The number of nitrogens with one attached hydrogen (secondary N) is 1. The molecular weight excluding hydrogens is 386 g/mol. The maximum Gasteiger partial charge on any atom is 0.230 e. The third-order valence-electron chi connectivity index (χ3n) is 3.90. The van der Waals surface area contributed by atoms with Crippen molar-refractivity contribution in [3.63, 3.8) is 0 Å². The number of likely N-dealkylation sites (N-methyl/N-ethyl adjacent to an activating group) is 1. The van der Waals surface area contributed by atoms with Crippen molar-refractivity contribution in [2.24, 2.45) is 0 Å². The van der Waals surface area contributed by atoms with Crippen LogP contribution >= 0.6 is 12.2 Å². The lowest BCUT2D eigenvalue weighted by Crippen LogP contribution is -2.26. The molecule has 0 saturated carbocycles. The second kappa shape index (κ2) is 11.0. The van der Waals surface area contributed by atoms with Gasteiger partial charge in [-0.15, -0.1) is 13.2 Å². The first kappa shape index (κ1) is 22.2. The summed E-state index contributed by atoms with van der Waals surface area (Å²) in [5.41, 5.74) is 5.86. The molecular formula is C19H27N9S. The van der Waals surface area contributed by atoms with Gasteiger partial charge in [-0.2, -0.15) is 19.9 Å². The molecule has 0 fully saturated rings. The van der Waals surface area contributed by atoms with Gasteiger partial charge in [0.2, 0.25) is 22.6 Å². The van der Waals surface area contributed by atoms with E-state index in [4.69, 9.17) is 18.0 Å². The fraction of sp³-hybridized carbons (Fsp3) is 0.368. The molecule has 0 spiro atoms. The van der Waals surface area contributed by atoms with Crippen molar-refractivity contribution < 1.29 is 0 Å². The summed E-state index contributed by atoms with van der Waals surface area (Å²) in [7, 11) is 0. The first-order valence-corrected chi connectivity index (χ1v) is 9.69. The number of anilines is 3. The van der Waals surface area contributed by atoms with Crippen LogP contribution in [0.15, 0.2) is 37.5 Å². The molecule has 0 aliphatic carbocycles. The molecule has 9 nitrogen and oxygen atoms in total. The van der Waals surface area contributed by atoms with Crippen molar-refractivity contribution in [2.75, 3.05) is 41.7 Å². The Balaban J connectivity index is 2.09. The molecule has 10 heteroatoms. The van der Waals surface area contributed by atoms with Crippen LogP contribution < -0.4 is 15.5 Å². The normalized spacial score (nSPS) is 10.8. The molecule has 154 valence electrons. The molecule has 3 N–H and O–H groups in total. The fourth-order valence-electron chi connectivity index (χ4n) is 2.59. The zero-order chi connectivity index (χ0) is 21.2. The molecule has 0 aromatic carbocycles. The van der Waals surface area contributed by atoms with Crippen LogP contribution in [0, 0.1) is 11.7 Å². The number of allylic oxidation sites excluding steroid dienone is 1. The molecule has 0 bridgehead atoms. The van der Waals surface area contributed by atoms with Gasteiger partial charge in [0.25, 0.3) is 0 Å². The number of hydrogen-bond donors (Lipinski definition) is 2. The number of aromatic amines is 1. The summed E-state index contributed by atoms with van der Waals surface area (Å²) in [4.78, 5) is 28.5. The van der Waals surface area contributed by atoms with Gasteiger partial charge < -0.3 is 20.5 Å². The van der Waals surface area contributed by atoms with E-state index in [1.807, 2.05) is 35.8 Å². The Morgan fingerprint density at radius 3 is 2.38 bits per heavy atom. The van der Waals surface area contributed by atoms with Crippen molar-refractivity contribution >= 4 is 30.1 Å². The van der Waals surface area contributed by atoms with E-state index in [-0.39, 0.29) is 5.95 Å². The fourth-order valence-corrected chi connectivity index (χ4v) is 2.81. The van der Waals surface area contributed by atoms with Crippen molar-refractivity contribution in [3.05, 3.63) is 53.9 Å². The Morgan fingerprint density at radius 2 is 1.72 bits per heavy atom. The summed E-state index contributed by atoms with van der Waals surface area (Å²) < 4.78 is 0.308. The van der Waals surface area contributed by atoms with Crippen molar-refractivity contribution in [1.29, 1.82) is 0 Å². The van der Waals surface area contributed by atoms with E-state index in [2.05, 4.69) is 43.1 Å². The summed E-state index contributed by atoms with van der Waals surface area (Å²) in [5.74, 6) is 2.74. The number of nitrogens with two attached hydrogens (primary N) is 1. The zero-order valence-electron chi connectivity index (χ0n) is 16.9. The molecule has 0 amide bonds. The Kier molecular flexibility index (Phi) is 8.41. The Bertz CT molecular complexity index is 922. The minimum Gasteiger partial charge on any atom is -0.368 e. The van der Waals surface area contributed by atoms with E-state index in [1.54, 1.807) is 12.2 Å². The number of H-pyrrole nitrogens is 1. The van der Waals surface area contributed by atoms with Gasteiger partial charge >= 0.3 is 0 Å². The van der Waals surface area contributed by atoms with E-state index in [0.29, 0.717) is 54.4 Å². The van der Waals surface area contributed by atoms with Crippen molar-refractivity contribution in [1.82, 2.24) is 29.9 Å². The highest BCUT2D eigenvalue weighted by Crippen LogP contribution is 2.10. The highest BCUT2D eigenvalue weighted by atomic mass is 32.1. The minimum absolute atomic E-state index is 0.207. The Morgan fingerprint density at radius 1 is 1.00 bits per heavy atom. The quantitative estimate of drug-likeness (QED) is 0.423. The topological polar surface area (TPSA) is 113 Å². The summed E-state index contributed by atoms with van der Waals surface area (Å²) in [6, 6.07) is 0. The van der Waals surface area contributed by atoms with Gasteiger partial charge in [-0.3, -0.25) is 0 Å². The average molecular weight is 414 g/mol. The van der Waals surface area contributed by atoms with E-state index in [1.165, 1.54) is 0 Å². The van der Waals surface area contributed by atoms with Crippen LogP contribution in [-0.4, -0.2) is 56.1 Å². The highest BCUT2D eigenvalue weighted by molar-refractivity contribution is 7.71. The van der Waals surface area contributed by atoms with Crippen LogP contribution in [0.3, 0.4) is 0 Å². The molecule has 2 heterocycles. The lowest BCUT2D eigenvalue weighted by atomic mass is 10.3. The summed E-state index contributed by atoms with van der Waals surface area (Å²) >= 11 is 5.11. The number of aromatic nitrogens is 6. The van der Waals surface area contributed by atoms with E-state index in [9.17, 15) is 0 Å². The molecule has 0 atom stereocenters. The van der Waals surface area contributed by atoms with Crippen LogP contribution in [0.4, 0.5) is 17.8 Å². The Hall–Kier alpha value is -3.14. The largest absolute Gasteiger partial charge is 0.368 e. The molecule has 29 heavy (non-hydrogen) atoms. The molecule has 0 aliphatic rings. The van der Waals surface area contributed by atoms with E-state index >= 15 is 0 Å². The summed E-state index contributed by atoms with van der Waals surface area (Å²) in [6.45, 7) is 14.1. The molecule has 2 aromatic rings. The van der Waals surface area contributed by atoms with Gasteiger partial charge in [0, 0.05) is 32.6 Å². The number of aryl methyl sites for hydroxylation is 1. The predicted molar refractivity (Wildman–Crippen MR) is 120 cm³/mol. The van der Waals surface area contributed by atoms with Gasteiger partial charge in [-0.25, -0.2) is 4.98 Å². The van der Waals surface area contributed by atoms with Crippen molar-refractivity contribution in [3.8, 4) is 0 Å². The number of rotatable bonds is 11. The smallest absolute Gasteiger partial charge is 0.230 e. The van der Waals surface area contributed by atoms with Crippen LogP contribution in [0.25, 0.3) is 0 Å². The SMILES string of the molecule is C=CCN(CC)c1nc(N)nc(C/C=C/CN(CC=C)c2nc(=S)nc(C)[nH]2)n1. The molecule has 2 rings (SSSR count). The summed E-state index contributed by atoms with van der Waals surface area (Å²) in [6.07, 6.45) is 8.14. The molecule has 0 radical (unpaired) electrons. The standard InChI is InChI=1S/C19H27N9S/c1-5-11-27(7-3)18-24-15(23-16(20)25-18)10-8-9-13-28(12-6-2)17-21-14(4)22-19(29)26-17/h5-6,8-9H,1-2,7,10-13H2,3-4H3,(H2,20,23,24,25)(H,21,22,26,29)/b9-8+. The average Bonchev–Trinajstić information content (AvgIpc) is 2.67. The van der Waals surface area contributed by atoms with E-state index < -0.39 is 0 Å². The van der Waals surface area contributed by atoms with Gasteiger partial charge in [0.1, 0.15) is 11.6 Å². The lowest BCUT2D eigenvalue weighted by molar-refractivity contribution is 0.821. The molecule has 0 aliphatic heterocycles. The van der Waals surface area contributed by atoms with Gasteiger partial charge in [-0.1, -0.05) is 24.3 Å². The highest BCUT2D eigenvalue weighted by Gasteiger charge is 2.10. The number of nitrogens with zero attached hydrogens (tertiary/aromatic N) is 7. The second-order valence-corrected chi connectivity index (χ2v) is 6.51. The number of hydrogen-bond acceptors (Lipinski definition) is 9. The minimum atomic E-state index is 0.207. The van der Waals surface area contributed by atoms with Gasteiger partial charge in [-0.05, 0) is 26.1 Å². The van der Waals surface area contributed by atoms with Gasteiger partial charge in [0.15, 0.2) is 0 Å². The first-order chi connectivity index (χ1) is 14.0. The lowest BCUT2D eigenvalue weighted by Gasteiger charge is -2.20. The molecule has 0 saturated heterocycles. The maximum absolute atomic E-state index is 5.86. The van der Waals surface area contributed by atoms with Crippen molar-refractivity contribution in [2.45, 2.75) is 20.3 Å². The monoisotopic (exact) mass is 413 g/mol. The first-order valence-electron chi connectivity index (χ1n) is 9.28.